The first kappa shape index (κ1) is 18.5. The summed E-state index contributed by atoms with van der Waals surface area (Å²) in [7, 11) is 1.66. The van der Waals surface area contributed by atoms with Crippen molar-refractivity contribution in [3.63, 3.8) is 0 Å². The van der Waals surface area contributed by atoms with Gasteiger partial charge in [-0.3, -0.25) is 4.79 Å². The summed E-state index contributed by atoms with van der Waals surface area (Å²) in [6.45, 7) is 1.98. The summed E-state index contributed by atoms with van der Waals surface area (Å²) in [6, 6.07) is 8.42. The Hall–Kier alpha value is -2.24. The van der Waals surface area contributed by atoms with Crippen LogP contribution in [0.3, 0.4) is 0 Å². The van der Waals surface area contributed by atoms with Gasteiger partial charge in [-0.15, -0.1) is 0 Å². The molecule has 0 radical (unpaired) electrons. The Kier molecular flexibility index (Phi) is 6.36. The second-order valence-corrected chi connectivity index (χ2v) is 7.23. The molecular formula is C20H29N3O3. The third-order valence-electron chi connectivity index (χ3n) is 5.15. The van der Waals surface area contributed by atoms with E-state index >= 15 is 0 Å². The topological polar surface area (TPSA) is 70.7 Å². The number of hydrogen-bond donors (Lipinski definition) is 2. The van der Waals surface area contributed by atoms with Gasteiger partial charge in [-0.1, -0.05) is 12.1 Å². The van der Waals surface area contributed by atoms with Crippen LogP contribution in [0.1, 0.15) is 37.7 Å². The third-order valence-corrected chi connectivity index (χ3v) is 5.15. The van der Waals surface area contributed by atoms with Gasteiger partial charge in [0, 0.05) is 31.6 Å². The van der Waals surface area contributed by atoms with Crippen molar-refractivity contribution >= 4 is 11.9 Å². The van der Waals surface area contributed by atoms with Crippen molar-refractivity contribution in [3.8, 4) is 5.75 Å². The fourth-order valence-electron chi connectivity index (χ4n) is 3.28. The van der Waals surface area contributed by atoms with Gasteiger partial charge in [-0.25, -0.2) is 4.79 Å². The molecule has 3 amide bonds. The Morgan fingerprint density at radius 2 is 1.81 bits per heavy atom. The lowest BCUT2D eigenvalue weighted by Crippen LogP contribution is -2.47. The first-order valence-electron chi connectivity index (χ1n) is 9.62. The molecular weight excluding hydrogens is 330 g/mol. The molecule has 6 nitrogen and oxygen atoms in total. The van der Waals surface area contributed by atoms with Crippen LogP contribution < -0.4 is 15.4 Å². The number of urea groups is 1. The molecule has 26 heavy (non-hydrogen) atoms. The highest BCUT2D eigenvalue weighted by molar-refractivity contribution is 5.80. The van der Waals surface area contributed by atoms with Gasteiger partial charge >= 0.3 is 6.03 Å². The molecule has 6 heteroatoms. The highest BCUT2D eigenvalue weighted by Crippen LogP contribution is 2.22. The van der Waals surface area contributed by atoms with Crippen LogP contribution in [0, 0.1) is 5.92 Å². The van der Waals surface area contributed by atoms with E-state index in [0.29, 0.717) is 25.7 Å². The maximum absolute atomic E-state index is 12.3. The minimum Gasteiger partial charge on any atom is -0.497 e. The van der Waals surface area contributed by atoms with Crippen molar-refractivity contribution in [2.45, 2.75) is 44.6 Å². The lowest BCUT2D eigenvalue weighted by atomic mass is 9.96. The first-order valence-corrected chi connectivity index (χ1v) is 9.62. The summed E-state index contributed by atoms with van der Waals surface area (Å²) in [5.41, 5.74) is 1.24. The van der Waals surface area contributed by atoms with E-state index in [4.69, 9.17) is 4.74 Å². The third kappa shape index (κ3) is 5.38. The van der Waals surface area contributed by atoms with E-state index in [1.165, 1.54) is 5.56 Å². The molecule has 1 saturated heterocycles. The molecule has 1 aliphatic carbocycles. The van der Waals surface area contributed by atoms with E-state index in [0.717, 1.165) is 44.3 Å². The second kappa shape index (κ2) is 8.92. The molecule has 1 saturated carbocycles. The van der Waals surface area contributed by atoms with E-state index in [1.807, 2.05) is 17.0 Å². The second-order valence-electron chi connectivity index (χ2n) is 7.23. The number of nitrogens with one attached hydrogen (secondary N) is 2. The zero-order valence-electron chi connectivity index (χ0n) is 15.5. The Morgan fingerprint density at radius 1 is 1.12 bits per heavy atom. The molecule has 3 rings (SSSR count). The van der Waals surface area contributed by atoms with Crippen molar-refractivity contribution in [2.75, 3.05) is 26.7 Å². The molecule has 1 aromatic rings. The molecule has 1 aromatic carbocycles. The molecule has 1 aliphatic heterocycles. The van der Waals surface area contributed by atoms with Crippen molar-refractivity contribution in [1.82, 2.24) is 15.5 Å². The van der Waals surface area contributed by atoms with E-state index in [2.05, 4.69) is 22.8 Å². The summed E-state index contributed by atoms with van der Waals surface area (Å²) < 4.78 is 5.15. The zero-order chi connectivity index (χ0) is 18.4. The van der Waals surface area contributed by atoms with E-state index in [-0.39, 0.29) is 17.9 Å². The molecule has 142 valence electrons. The van der Waals surface area contributed by atoms with E-state index < -0.39 is 0 Å². The van der Waals surface area contributed by atoms with Gasteiger partial charge in [-0.2, -0.15) is 0 Å². The van der Waals surface area contributed by atoms with Gasteiger partial charge in [0.15, 0.2) is 0 Å². The van der Waals surface area contributed by atoms with Crippen molar-refractivity contribution < 1.29 is 14.3 Å². The number of ether oxygens (including phenoxy) is 1. The molecule has 1 heterocycles. The van der Waals surface area contributed by atoms with Crippen LogP contribution in [0.25, 0.3) is 0 Å². The number of amides is 3. The molecule has 0 spiro atoms. The SMILES string of the molecule is COc1ccc(CCCNC(=O)N2CCC(C(=O)NC3CC3)CC2)cc1. The van der Waals surface area contributed by atoms with Crippen LogP contribution in [0.5, 0.6) is 5.75 Å². The van der Waals surface area contributed by atoms with Crippen LogP contribution in [-0.2, 0) is 11.2 Å². The Morgan fingerprint density at radius 3 is 2.42 bits per heavy atom. The van der Waals surface area contributed by atoms with Gasteiger partial charge in [0.2, 0.25) is 5.91 Å². The first-order chi connectivity index (χ1) is 12.7. The van der Waals surface area contributed by atoms with E-state index in [9.17, 15) is 9.59 Å². The predicted molar refractivity (Wildman–Crippen MR) is 100 cm³/mol. The quantitative estimate of drug-likeness (QED) is 0.734. The van der Waals surface area contributed by atoms with Gasteiger partial charge in [0.1, 0.15) is 5.75 Å². The summed E-state index contributed by atoms with van der Waals surface area (Å²) in [6.07, 6.45) is 5.58. The number of rotatable bonds is 7. The smallest absolute Gasteiger partial charge is 0.317 e. The number of piperidine rings is 1. The Labute approximate surface area is 155 Å². The summed E-state index contributed by atoms with van der Waals surface area (Å²) >= 11 is 0. The normalized spacial score (nSPS) is 17.7. The standard InChI is InChI=1S/C20H29N3O3/c1-26-18-8-4-15(5-9-18)3-2-12-21-20(25)23-13-10-16(11-14-23)19(24)22-17-6-7-17/h4-5,8-9,16-17H,2-3,6-7,10-14H2,1H3,(H,21,25)(H,22,24). The van der Waals surface area contributed by atoms with Crippen LogP contribution in [0.2, 0.25) is 0 Å². The molecule has 0 bridgehead atoms. The highest BCUT2D eigenvalue weighted by Gasteiger charge is 2.30. The van der Waals surface area contributed by atoms with Crippen molar-refractivity contribution in [3.05, 3.63) is 29.8 Å². The highest BCUT2D eigenvalue weighted by atomic mass is 16.5. The lowest BCUT2D eigenvalue weighted by Gasteiger charge is -2.31. The Balaban J connectivity index is 1.30. The summed E-state index contributed by atoms with van der Waals surface area (Å²) in [4.78, 5) is 26.2. The summed E-state index contributed by atoms with van der Waals surface area (Å²) in [5.74, 6) is 1.10. The maximum Gasteiger partial charge on any atom is 0.317 e. The van der Waals surface area contributed by atoms with Gasteiger partial charge in [0.05, 0.1) is 7.11 Å². The van der Waals surface area contributed by atoms with Crippen molar-refractivity contribution in [2.24, 2.45) is 5.92 Å². The summed E-state index contributed by atoms with van der Waals surface area (Å²) in [5, 5.41) is 6.06. The number of aryl methyl sites for hydroxylation is 1. The molecule has 0 aromatic heterocycles. The van der Waals surface area contributed by atoms with Crippen molar-refractivity contribution in [1.29, 1.82) is 0 Å². The number of nitrogens with zero attached hydrogens (tertiary/aromatic N) is 1. The van der Waals surface area contributed by atoms with Gasteiger partial charge in [0.25, 0.3) is 0 Å². The van der Waals surface area contributed by atoms with Crippen LogP contribution in [-0.4, -0.2) is 49.6 Å². The molecule has 0 atom stereocenters. The number of hydrogen-bond acceptors (Lipinski definition) is 3. The maximum atomic E-state index is 12.3. The molecule has 2 aliphatic rings. The lowest BCUT2D eigenvalue weighted by molar-refractivity contribution is -0.126. The molecule has 2 N–H and O–H groups in total. The number of carbonyl (C=O) groups is 2. The fraction of sp³-hybridized carbons (Fsp3) is 0.600. The monoisotopic (exact) mass is 359 g/mol. The predicted octanol–water partition coefficient (Wildman–Crippen LogP) is 2.33. The Bertz CT molecular complexity index is 605. The largest absolute Gasteiger partial charge is 0.497 e. The molecule has 0 unspecified atom stereocenters. The number of benzene rings is 1. The van der Waals surface area contributed by atoms with Crippen LogP contribution in [0.4, 0.5) is 4.79 Å². The van der Waals surface area contributed by atoms with Gasteiger partial charge < -0.3 is 20.3 Å². The number of likely N-dealkylation sites (tertiary alicyclic amines) is 1. The minimum absolute atomic E-state index is 0.0132. The molecule has 2 fully saturated rings. The number of methoxy groups -OCH3 is 1. The average molecular weight is 359 g/mol. The fourth-order valence-corrected chi connectivity index (χ4v) is 3.28. The van der Waals surface area contributed by atoms with Crippen LogP contribution in [0.15, 0.2) is 24.3 Å². The minimum atomic E-state index is -0.0132. The zero-order valence-corrected chi connectivity index (χ0v) is 15.5. The number of carbonyl (C=O) groups excluding carboxylic acids is 2. The van der Waals surface area contributed by atoms with E-state index in [1.54, 1.807) is 7.11 Å². The van der Waals surface area contributed by atoms with Gasteiger partial charge in [-0.05, 0) is 56.2 Å². The average Bonchev–Trinajstić information content (AvgIpc) is 3.49. The van der Waals surface area contributed by atoms with Crippen LogP contribution >= 0.6 is 0 Å².